The van der Waals surface area contributed by atoms with Crippen molar-refractivity contribution in [1.29, 1.82) is 0 Å². The predicted molar refractivity (Wildman–Crippen MR) is 136 cm³/mol. The van der Waals surface area contributed by atoms with Crippen molar-refractivity contribution in [1.82, 2.24) is 0 Å². The van der Waals surface area contributed by atoms with Crippen LogP contribution in [0.2, 0.25) is 18.1 Å². The molecule has 5 nitrogen and oxygen atoms in total. The first-order chi connectivity index (χ1) is 14.5. The molecule has 0 saturated carbocycles. The van der Waals surface area contributed by atoms with Gasteiger partial charge in [-0.25, -0.2) is 0 Å². The third kappa shape index (κ3) is 10.5. The predicted octanol–water partition coefficient (Wildman–Crippen LogP) is 6.36. The van der Waals surface area contributed by atoms with Crippen LogP contribution in [0.25, 0.3) is 0 Å². The van der Waals surface area contributed by atoms with Crippen LogP contribution < -0.4 is 0 Å². The Balaban J connectivity index is 5.50. The molecule has 0 amide bonds. The molecular weight excluding hydrogens is 420 g/mol. The average Bonchev–Trinajstić information content (AvgIpc) is 2.66. The van der Waals surface area contributed by atoms with Crippen LogP contribution in [0.15, 0.2) is 12.2 Å². The van der Waals surface area contributed by atoms with Gasteiger partial charge in [0.2, 0.25) is 0 Å². The Morgan fingerprint density at radius 1 is 1.06 bits per heavy atom. The fraction of sp³-hybridized carbons (Fsp3) is 0.885. The first-order valence-corrected chi connectivity index (χ1v) is 15.1. The van der Waals surface area contributed by atoms with Crippen molar-refractivity contribution >= 4 is 14.3 Å². The van der Waals surface area contributed by atoms with E-state index in [0.29, 0.717) is 19.4 Å². The van der Waals surface area contributed by atoms with Crippen LogP contribution >= 0.6 is 0 Å². The summed E-state index contributed by atoms with van der Waals surface area (Å²) in [5.74, 6) is -0.109. The van der Waals surface area contributed by atoms with Gasteiger partial charge < -0.3 is 19.0 Å². The number of esters is 1. The van der Waals surface area contributed by atoms with Gasteiger partial charge in [0.05, 0.1) is 30.3 Å². The van der Waals surface area contributed by atoms with Crippen LogP contribution in [0.5, 0.6) is 0 Å². The molecule has 0 aromatic carbocycles. The van der Waals surface area contributed by atoms with E-state index in [9.17, 15) is 9.90 Å². The molecule has 6 heteroatoms. The lowest BCUT2D eigenvalue weighted by Crippen LogP contribution is -2.48. The molecule has 0 aliphatic heterocycles. The standard InChI is InChI=1S/C26H52O5Si/c1-13-14-15-19(2)21(27)18-23(31-32(11,12)26(7,8)9)20(3)22(29-10)16-17-30-24(28)25(4,5)6/h14-15,19-23,27H,13,16-18H2,1-12H3/b15-14+/t19-,20+,21-,22-,23-/m1/s1. The zero-order valence-corrected chi connectivity index (χ0v) is 24.0. The molecule has 5 atom stereocenters. The van der Waals surface area contributed by atoms with E-state index in [4.69, 9.17) is 13.9 Å². The number of aliphatic hydroxyl groups is 1. The first-order valence-electron chi connectivity index (χ1n) is 12.2. The van der Waals surface area contributed by atoms with Gasteiger partial charge in [-0.3, -0.25) is 4.79 Å². The number of carbonyl (C=O) groups is 1. The second-order valence-corrected chi connectivity index (χ2v) is 16.5. The first kappa shape index (κ1) is 31.3. The summed E-state index contributed by atoms with van der Waals surface area (Å²) in [6.07, 6.45) is 5.50. The molecule has 0 saturated heterocycles. The van der Waals surface area contributed by atoms with Crippen molar-refractivity contribution in [3.05, 3.63) is 12.2 Å². The Hall–Kier alpha value is -0.693. The van der Waals surface area contributed by atoms with Crippen molar-refractivity contribution < 1.29 is 23.8 Å². The number of allylic oxidation sites excluding steroid dienone is 1. The lowest BCUT2D eigenvalue weighted by molar-refractivity contribution is -0.154. The van der Waals surface area contributed by atoms with Crippen LogP contribution in [0.4, 0.5) is 0 Å². The van der Waals surface area contributed by atoms with Crippen LogP contribution in [-0.4, -0.2) is 51.4 Å². The largest absolute Gasteiger partial charge is 0.465 e. The van der Waals surface area contributed by atoms with E-state index < -0.39 is 19.8 Å². The average molecular weight is 473 g/mol. The lowest BCUT2D eigenvalue weighted by atomic mass is 9.89. The molecule has 190 valence electrons. The minimum absolute atomic E-state index is 0.0412. The molecule has 0 rings (SSSR count). The van der Waals surface area contributed by atoms with Gasteiger partial charge in [-0.15, -0.1) is 0 Å². The van der Waals surface area contributed by atoms with Gasteiger partial charge in [0.15, 0.2) is 8.32 Å². The highest BCUT2D eigenvalue weighted by atomic mass is 28.4. The summed E-state index contributed by atoms with van der Waals surface area (Å²) in [6.45, 7) is 23.3. The maximum absolute atomic E-state index is 12.1. The van der Waals surface area contributed by atoms with Crippen LogP contribution in [0.3, 0.4) is 0 Å². The van der Waals surface area contributed by atoms with Crippen LogP contribution in [0.1, 0.15) is 81.6 Å². The zero-order chi connectivity index (χ0) is 25.3. The van der Waals surface area contributed by atoms with E-state index in [0.717, 1.165) is 6.42 Å². The summed E-state index contributed by atoms with van der Waals surface area (Å²) in [5.41, 5.74) is -0.519. The molecule has 0 unspecified atom stereocenters. The van der Waals surface area contributed by atoms with Gasteiger partial charge in [-0.2, -0.15) is 0 Å². The molecule has 32 heavy (non-hydrogen) atoms. The van der Waals surface area contributed by atoms with Crippen molar-refractivity contribution in [2.24, 2.45) is 17.3 Å². The smallest absolute Gasteiger partial charge is 0.311 e. The molecule has 0 aliphatic rings. The van der Waals surface area contributed by atoms with Gasteiger partial charge in [-0.1, -0.05) is 53.7 Å². The molecule has 0 spiro atoms. The molecular formula is C26H52O5Si. The third-order valence-electron chi connectivity index (χ3n) is 6.73. The van der Waals surface area contributed by atoms with E-state index in [1.54, 1.807) is 7.11 Å². The second-order valence-electron chi connectivity index (χ2n) is 11.7. The molecule has 0 aromatic heterocycles. The van der Waals surface area contributed by atoms with Crippen molar-refractivity contribution in [3.8, 4) is 0 Å². The molecule has 0 radical (unpaired) electrons. The number of hydrogen-bond donors (Lipinski definition) is 1. The minimum atomic E-state index is -2.06. The fourth-order valence-corrected chi connectivity index (χ4v) is 4.60. The number of ether oxygens (including phenoxy) is 2. The number of carbonyl (C=O) groups excluding carboxylic acids is 1. The molecule has 0 aromatic rings. The Morgan fingerprint density at radius 3 is 2.06 bits per heavy atom. The van der Waals surface area contributed by atoms with E-state index in [2.05, 4.69) is 59.9 Å². The number of aliphatic hydroxyl groups excluding tert-OH is 1. The lowest BCUT2D eigenvalue weighted by Gasteiger charge is -2.43. The monoisotopic (exact) mass is 472 g/mol. The Morgan fingerprint density at radius 2 is 1.62 bits per heavy atom. The highest BCUT2D eigenvalue weighted by molar-refractivity contribution is 6.74. The fourth-order valence-electron chi connectivity index (χ4n) is 3.18. The Labute approximate surface area is 199 Å². The van der Waals surface area contributed by atoms with Crippen LogP contribution in [0, 0.1) is 17.3 Å². The quantitative estimate of drug-likeness (QED) is 0.192. The topological polar surface area (TPSA) is 65.0 Å². The summed E-state index contributed by atoms with van der Waals surface area (Å²) in [4.78, 5) is 12.1. The summed E-state index contributed by atoms with van der Waals surface area (Å²) >= 11 is 0. The minimum Gasteiger partial charge on any atom is -0.465 e. The molecule has 1 N–H and O–H groups in total. The van der Waals surface area contributed by atoms with Gasteiger partial charge in [-0.05, 0) is 51.7 Å². The number of rotatable bonds is 13. The van der Waals surface area contributed by atoms with E-state index >= 15 is 0 Å². The zero-order valence-electron chi connectivity index (χ0n) is 23.0. The molecule has 0 bridgehead atoms. The molecule has 0 aliphatic carbocycles. The van der Waals surface area contributed by atoms with Crippen molar-refractivity contribution in [2.45, 2.75) is 118 Å². The summed E-state index contributed by atoms with van der Waals surface area (Å²) in [6, 6.07) is 0. The summed E-state index contributed by atoms with van der Waals surface area (Å²) in [5, 5.41) is 11.0. The molecule has 0 heterocycles. The van der Waals surface area contributed by atoms with Crippen molar-refractivity contribution in [3.63, 3.8) is 0 Å². The van der Waals surface area contributed by atoms with E-state index in [1.165, 1.54) is 0 Å². The van der Waals surface area contributed by atoms with Gasteiger partial charge >= 0.3 is 5.97 Å². The van der Waals surface area contributed by atoms with E-state index in [-0.39, 0.29) is 35.1 Å². The highest BCUT2D eigenvalue weighted by Crippen LogP contribution is 2.39. The highest BCUT2D eigenvalue weighted by Gasteiger charge is 2.42. The van der Waals surface area contributed by atoms with Gasteiger partial charge in [0, 0.05) is 25.4 Å². The number of hydrogen-bond acceptors (Lipinski definition) is 5. The van der Waals surface area contributed by atoms with Crippen LogP contribution in [-0.2, 0) is 18.7 Å². The summed E-state index contributed by atoms with van der Waals surface area (Å²) in [7, 11) is -0.367. The third-order valence-corrected chi connectivity index (χ3v) is 11.2. The SMILES string of the molecule is CC/C=C/[C@@H](C)[C@H](O)C[C@@H](O[Si](C)(C)C(C)(C)C)[C@@H](C)[C@@H](CCOC(=O)C(C)(C)C)OC. The summed E-state index contributed by atoms with van der Waals surface area (Å²) < 4.78 is 18.1. The maximum Gasteiger partial charge on any atom is 0.311 e. The second kappa shape index (κ2) is 13.3. The van der Waals surface area contributed by atoms with Crippen molar-refractivity contribution in [2.75, 3.05) is 13.7 Å². The number of methoxy groups -OCH3 is 1. The normalized spacial score (nSPS) is 18.3. The maximum atomic E-state index is 12.1. The van der Waals surface area contributed by atoms with Gasteiger partial charge in [0.25, 0.3) is 0 Å². The van der Waals surface area contributed by atoms with Gasteiger partial charge in [0.1, 0.15) is 0 Å². The molecule has 0 fully saturated rings. The Bertz CT molecular complexity index is 574. The van der Waals surface area contributed by atoms with E-state index in [1.807, 2.05) is 27.7 Å². The Kier molecular flexibility index (Phi) is 13.0.